The van der Waals surface area contributed by atoms with E-state index < -0.39 is 0 Å². The second-order valence-electron chi connectivity index (χ2n) is 5.62. The lowest BCUT2D eigenvalue weighted by atomic mass is 10.1. The highest BCUT2D eigenvalue weighted by atomic mass is 79.9. The highest BCUT2D eigenvalue weighted by molar-refractivity contribution is 9.10. The lowest BCUT2D eigenvalue weighted by Crippen LogP contribution is -2.00. The SMILES string of the molecule is C=CCOc1c(Br)cc(/C=C/c2ccc3ccccc3n2)cc1OCC. The van der Waals surface area contributed by atoms with Gasteiger partial charge in [-0.3, -0.25) is 0 Å². The molecule has 0 radical (unpaired) electrons. The van der Waals surface area contributed by atoms with Crippen molar-refractivity contribution in [3.63, 3.8) is 0 Å². The molecular weight excluding hydrogens is 390 g/mol. The van der Waals surface area contributed by atoms with Gasteiger partial charge in [-0.1, -0.05) is 43.0 Å². The van der Waals surface area contributed by atoms with Crippen LogP contribution in [0.1, 0.15) is 18.2 Å². The topological polar surface area (TPSA) is 31.4 Å². The van der Waals surface area contributed by atoms with Gasteiger partial charge in [-0.05, 0) is 58.8 Å². The van der Waals surface area contributed by atoms with Crippen LogP contribution < -0.4 is 9.47 Å². The van der Waals surface area contributed by atoms with Crippen LogP contribution in [0.2, 0.25) is 0 Å². The number of pyridine rings is 1. The van der Waals surface area contributed by atoms with Gasteiger partial charge in [-0.2, -0.15) is 0 Å². The van der Waals surface area contributed by atoms with Gasteiger partial charge in [0.15, 0.2) is 11.5 Å². The first-order chi connectivity index (χ1) is 12.7. The standard InChI is InChI=1S/C22H20BrNO2/c1-3-13-26-22-19(23)14-16(15-21(22)25-4-2)9-11-18-12-10-17-7-5-6-8-20(17)24-18/h3,5-12,14-15H,1,4,13H2,2H3/b11-9+. The van der Waals surface area contributed by atoms with E-state index in [1.807, 2.05) is 55.5 Å². The van der Waals surface area contributed by atoms with Crippen molar-refractivity contribution in [2.45, 2.75) is 6.92 Å². The zero-order chi connectivity index (χ0) is 18.4. The number of halogens is 1. The smallest absolute Gasteiger partial charge is 0.175 e. The molecule has 0 N–H and O–H groups in total. The number of hydrogen-bond acceptors (Lipinski definition) is 3. The number of aromatic nitrogens is 1. The fourth-order valence-electron chi connectivity index (χ4n) is 2.59. The molecule has 0 saturated carbocycles. The Bertz CT molecular complexity index is 950. The third kappa shape index (κ3) is 4.33. The lowest BCUT2D eigenvalue weighted by molar-refractivity contribution is 0.295. The van der Waals surface area contributed by atoms with Crippen LogP contribution in [0.5, 0.6) is 11.5 Å². The number of benzene rings is 2. The van der Waals surface area contributed by atoms with Gasteiger partial charge < -0.3 is 9.47 Å². The number of ether oxygens (including phenoxy) is 2. The van der Waals surface area contributed by atoms with E-state index in [1.165, 1.54) is 0 Å². The molecule has 0 unspecified atom stereocenters. The minimum Gasteiger partial charge on any atom is -0.490 e. The van der Waals surface area contributed by atoms with E-state index >= 15 is 0 Å². The van der Waals surface area contributed by atoms with Crippen LogP contribution in [0.15, 0.2) is 65.7 Å². The average molecular weight is 410 g/mol. The minimum atomic E-state index is 0.425. The number of hydrogen-bond donors (Lipinski definition) is 0. The average Bonchev–Trinajstić information content (AvgIpc) is 2.66. The number of fused-ring (bicyclic) bond motifs is 1. The third-order valence-corrected chi connectivity index (χ3v) is 4.33. The molecule has 26 heavy (non-hydrogen) atoms. The molecule has 0 amide bonds. The van der Waals surface area contributed by atoms with Gasteiger partial charge in [0.25, 0.3) is 0 Å². The van der Waals surface area contributed by atoms with Crippen LogP contribution in [0.4, 0.5) is 0 Å². The normalized spacial score (nSPS) is 11.0. The van der Waals surface area contributed by atoms with Crippen molar-refractivity contribution >= 4 is 39.0 Å². The molecular formula is C22H20BrNO2. The molecule has 132 valence electrons. The quantitative estimate of drug-likeness (QED) is 0.439. The van der Waals surface area contributed by atoms with Gasteiger partial charge in [-0.15, -0.1) is 0 Å². The van der Waals surface area contributed by atoms with E-state index in [2.05, 4.69) is 39.6 Å². The largest absolute Gasteiger partial charge is 0.490 e. The Labute approximate surface area is 162 Å². The summed E-state index contributed by atoms with van der Waals surface area (Å²) in [6, 6.07) is 16.1. The van der Waals surface area contributed by atoms with Gasteiger partial charge in [0.2, 0.25) is 0 Å². The predicted octanol–water partition coefficient (Wildman–Crippen LogP) is 6.13. The van der Waals surface area contributed by atoms with E-state index in [0.29, 0.717) is 24.7 Å². The van der Waals surface area contributed by atoms with Crippen LogP contribution in [-0.4, -0.2) is 18.2 Å². The summed E-state index contributed by atoms with van der Waals surface area (Å²) in [6.45, 7) is 6.63. The molecule has 0 aliphatic heterocycles. The van der Waals surface area contributed by atoms with Gasteiger partial charge in [0, 0.05) is 5.39 Å². The summed E-state index contributed by atoms with van der Waals surface area (Å²) < 4.78 is 12.3. The van der Waals surface area contributed by atoms with Crippen molar-refractivity contribution in [1.82, 2.24) is 4.98 Å². The maximum Gasteiger partial charge on any atom is 0.175 e. The zero-order valence-electron chi connectivity index (χ0n) is 14.6. The van der Waals surface area contributed by atoms with Crippen molar-refractivity contribution in [2.24, 2.45) is 0 Å². The number of para-hydroxylation sites is 1. The first-order valence-corrected chi connectivity index (χ1v) is 9.24. The molecule has 0 spiro atoms. The van der Waals surface area contributed by atoms with Crippen molar-refractivity contribution < 1.29 is 9.47 Å². The molecule has 3 aromatic rings. The predicted molar refractivity (Wildman–Crippen MR) is 112 cm³/mol. The van der Waals surface area contributed by atoms with Gasteiger partial charge in [0.05, 0.1) is 22.3 Å². The van der Waals surface area contributed by atoms with Crippen molar-refractivity contribution in [1.29, 1.82) is 0 Å². The van der Waals surface area contributed by atoms with E-state index in [0.717, 1.165) is 26.6 Å². The molecule has 0 fully saturated rings. The number of rotatable bonds is 7. The number of nitrogens with zero attached hydrogens (tertiary/aromatic N) is 1. The van der Waals surface area contributed by atoms with E-state index in [4.69, 9.17) is 9.47 Å². The Hall–Kier alpha value is -2.59. The molecule has 0 bridgehead atoms. The van der Waals surface area contributed by atoms with Crippen molar-refractivity contribution in [3.05, 3.63) is 76.9 Å². The van der Waals surface area contributed by atoms with Crippen LogP contribution in [-0.2, 0) is 0 Å². The fourth-order valence-corrected chi connectivity index (χ4v) is 3.16. The summed E-state index contributed by atoms with van der Waals surface area (Å²) in [7, 11) is 0. The van der Waals surface area contributed by atoms with Crippen LogP contribution in [0, 0.1) is 0 Å². The van der Waals surface area contributed by atoms with Gasteiger partial charge >= 0.3 is 0 Å². The van der Waals surface area contributed by atoms with Gasteiger partial charge in [0.1, 0.15) is 6.61 Å². The molecule has 4 heteroatoms. The Morgan fingerprint density at radius 3 is 2.73 bits per heavy atom. The molecule has 0 aliphatic carbocycles. The molecule has 3 rings (SSSR count). The van der Waals surface area contributed by atoms with Crippen LogP contribution in [0.3, 0.4) is 0 Å². The Balaban J connectivity index is 1.89. The van der Waals surface area contributed by atoms with E-state index in [9.17, 15) is 0 Å². The van der Waals surface area contributed by atoms with Crippen LogP contribution in [0.25, 0.3) is 23.1 Å². The maximum atomic E-state index is 5.73. The summed E-state index contributed by atoms with van der Waals surface area (Å²) in [5.41, 5.74) is 2.89. The molecule has 1 aromatic heterocycles. The summed E-state index contributed by atoms with van der Waals surface area (Å²) in [5.74, 6) is 1.39. The Morgan fingerprint density at radius 2 is 1.92 bits per heavy atom. The first kappa shape index (κ1) is 18.2. The van der Waals surface area contributed by atoms with E-state index in [-0.39, 0.29) is 0 Å². The van der Waals surface area contributed by atoms with Crippen molar-refractivity contribution in [3.8, 4) is 11.5 Å². The molecule has 3 nitrogen and oxygen atoms in total. The maximum absolute atomic E-state index is 5.73. The summed E-state index contributed by atoms with van der Waals surface area (Å²) in [5, 5.41) is 1.13. The highest BCUT2D eigenvalue weighted by Crippen LogP contribution is 2.37. The fraction of sp³-hybridized carbons (Fsp3) is 0.136. The Kier molecular flexibility index (Phi) is 6.08. The molecule has 0 saturated heterocycles. The monoisotopic (exact) mass is 409 g/mol. The molecule has 2 aromatic carbocycles. The van der Waals surface area contributed by atoms with Gasteiger partial charge in [-0.25, -0.2) is 4.98 Å². The molecule has 0 aliphatic rings. The highest BCUT2D eigenvalue weighted by Gasteiger charge is 2.11. The second kappa shape index (κ2) is 8.68. The zero-order valence-corrected chi connectivity index (χ0v) is 16.2. The molecule has 0 atom stereocenters. The third-order valence-electron chi connectivity index (χ3n) is 3.74. The summed E-state index contributed by atoms with van der Waals surface area (Å²) in [6.07, 6.45) is 5.72. The summed E-state index contributed by atoms with van der Waals surface area (Å²) in [4.78, 5) is 4.66. The minimum absolute atomic E-state index is 0.425. The molecule has 1 heterocycles. The van der Waals surface area contributed by atoms with Crippen molar-refractivity contribution in [2.75, 3.05) is 13.2 Å². The first-order valence-electron chi connectivity index (χ1n) is 8.45. The lowest BCUT2D eigenvalue weighted by Gasteiger charge is -2.13. The second-order valence-corrected chi connectivity index (χ2v) is 6.48. The summed E-state index contributed by atoms with van der Waals surface area (Å²) >= 11 is 3.57. The van der Waals surface area contributed by atoms with Crippen LogP contribution >= 0.6 is 15.9 Å². The Morgan fingerprint density at radius 1 is 1.08 bits per heavy atom. The van der Waals surface area contributed by atoms with E-state index in [1.54, 1.807) is 6.08 Å².